The van der Waals surface area contributed by atoms with Gasteiger partial charge in [-0.3, -0.25) is 25.0 Å². The molecule has 0 aliphatic carbocycles. The van der Waals surface area contributed by atoms with Crippen LogP contribution >= 0.6 is 0 Å². The van der Waals surface area contributed by atoms with E-state index in [1.54, 1.807) is 0 Å². The van der Waals surface area contributed by atoms with Gasteiger partial charge in [0.15, 0.2) is 0 Å². The molecule has 2 aromatic rings. The van der Waals surface area contributed by atoms with Crippen LogP contribution in [0.4, 0.5) is 23.1 Å². The van der Waals surface area contributed by atoms with Crippen LogP contribution in [0.1, 0.15) is 16.1 Å². The maximum absolute atomic E-state index is 12.9. The number of anilines is 2. The first-order valence-corrected chi connectivity index (χ1v) is 10.5. The molecule has 13 nitrogen and oxygen atoms in total. The number of piperazine rings is 1. The summed E-state index contributed by atoms with van der Waals surface area (Å²) in [5.41, 5.74) is -0.223. The maximum atomic E-state index is 12.9. The standard InChI is InChI=1S/C20H23N7O6/c1-14-10-18(23-6-8-33-9-7-23)22-20(21-14)25-4-2-24(3-5-25)19(28)15-11-16(26(29)30)13-17(12-15)27(31)32/h10-13H,2-9H2,1H3. The third-order valence-electron chi connectivity index (χ3n) is 5.58. The summed E-state index contributed by atoms with van der Waals surface area (Å²) in [4.78, 5) is 48.6. The highest BCUT2D eigenvalue weighted by atomic mass is 16.6. The smallest absolute Gasteiger partial charge is 0.277 e. The molecule has 0 unspecified atom stereocenters. The molecule has 0 bridgehead atoms. The number of aromatic nitrogens is 2. The van der Waals surface area contributed by atoms with Crippen molar-refractivity contribution in [3.63, 3.8) is 0 Å². The summed E-state index contributed by atoms with van der Waals surface area (Å²) in [6, 6.07) is 4.92. The third-order valence-corrected chi connectivity index (χ3v) is 5.58. The van der Waals surface area contributed by atoms with Crippen molar-refractivity contribution in [1.82, 2.24) is 14.9 Å². The molecule has 2 saturated heterocycles. The van der Waals surface area contributed by atoms with Gasteiger partial charge in [0.1, 0.15) is 5.82 Å². The number of hydrogen-bond acceptors (Lipinski definition) is 10. The van der Waals surface area contributed by atoms with Gasteiger partial charge in [0, 0.05) is 63.2 Å². The van der Waals surface area contributed by atoms with Crippen LogP contribution in [0.3, 0.4) is 0 Å². The molecule has 3 heterocycles. The van der Waals surface area contributed by atoms with Crippen molar-refractivity contribution in [2.75, 3.05) is 62.3 Å². The molecule has 174 valence electrons. The molecule has 2 fully saturated rings. The Balaban J connectivity index is 1.47. The average molecular weight is 457 g/mol. The van der Waals surface area contributed by atoms with Gasteiger partial charge >= 0.3 is 0 Å². The van der Waals surface area contributed by atoms with Gasteiger partial charge in [-0.05, 0) is 6.92 Å². The van der Waals surface area contributed by atoms with Gasteiger partial charge in [0.2, 0.25) is 5.95 Å². The lowest BCUT2D eigenvalue weighted by Crippen LogP contribution is -2.49. The van der Waals surface area contributed by atoms with Crippen LogP contribution in [0.25, 0.3) is 0 Å². The topological polar surface area (TPSA) is 148 Å². The van der Waals surface area contributed by atoms with E-state index in [0.29, 0.717) is 45.3 Å². The zero-order valence-corrected chi connectivity index (χ0v) is 18.0. The molecular weight excluding hydrogens is 434 g/mol. The summed E-state index contributed by atoms with van der Waals surface area (Å²) in [6.07, 6.45) is 0. The van der Waals surface area contributed by atoms with Crippen molar-refractivity contribution in [2.45, 2.75) is 6.92 Å². The number of benzene rings is 1. The van der Waals surface area contributed by atoms with Crippen LogP contribution in [0.2, 0.25) is 0 Å². The molecule has 13 heteroatoms. The van der Waals surface area contributed by atoms with E-state index in [1.165, 1.54) is 4.90 Å². The van der Waals surface area contributed by atoms with E-state index in [0.717, 1.165) is 42.8 Å². The SMILES string of the molecule is Cc1cc(N2CCOCC2)nc(N2CCN(C(=O)c3cc([N+](=O)[O-])cc([N+](=O)[O-])c3)CC2)n1. The molecule has 4 rings (SSSR count). The van der Waals surface area contributed by atoms with Gasteiger partial charge < -0.3 is 19.4 Å². The second-order valence-corrected chi connectivity index (χ2v) is 7.80. The number of nitro groups is 2. The molecule has 2 aliphatic rings. The van der Waals surface area contributed by atoms with Crippen LogP contribution < -0.4 is 9.80 Å². The Hall–Kier alpha value is -3.87. The lowest BCUT2D eigenvalue weighted by molar-refractivity contribution is -0.394. The van der Waals surface area contributed by atoms with Crippen molar-refractivity contribution >= 4 is 29.0 Å². The largest absolute Gasteiger partial charge is 0.378 e. The van der Waals surface area contributed by atoms with E-state index in [1.807, 2.05) is 17.9 Å². The Kier molecular flexibility index (Phi) is 6.31. The minimum atomic E-state index is -0.747. The number of hydrogen-bond donors (Lipinski definition) is 0. The summed E-state index contributed by atoms with van der Waals surface area (Å²) in [7, 11) is 0. The van der Waals surface area contributed by atoms with Crippen molar-refractivity contribution in [2.24, 2.45) is 0 Å². The number of rotatable bonds is 5. The molecule has 2 aliphatic heterocycles. The van der Waals surface area contributed by atoms with Crippen molar-refractivity contribution in [1.29, 1.82) is 0 Å². The van der Waals surface area contributed by atoms with Gasteiger partial charge in [-0.25, -0.2) is 4.98 Å². The summed E-state index contributed by atoms with van der Waals surface area (Å²) in [6.45, 7) is 6.32. The number of carbonyl (C=O) groups excluding carboxylic acids is 1. The molecule has 1 aromatic carbocycles. The van der Waals surface area contributed by atoms with Gasteiger partial charge in [-0.2, -0.15) is 4.98 Å². The second-order valence-electron chi connectivity index (χ2n) is 7.80. The number of ether oxygens (including phenoxy) is 1. The Morgan fingerprint density at radius 1 is 0.879 bits per heavy atom. The fraction of sp³-hybridized carbons (Fsp3) is 0.450. The minimum absolute atomic E-state index is 0.0780. The van der Waals surface area contributed by atoms with Gasteiger partial charge in [-0.15, -0.1) is 0 Å². The minimum Gasteiger partial charge on any atom is -0.378 e. The second kappa shape index (κ2) is 9.32. The number of aryl methyl sites for hydroxylation is 1. The average Bonchev–Trinajstić information content (AvgIpc) is 2.83. The van der Waals surface area contributed by atoms with E-state index in [2.05, 4.69) is 9.88 Å². The lowest BCUT2D eigenvalue weighted by atomic mass is 10.1. The zero-order chi connectivity index (χ0) is 23.5. The summed E-state index contributed by atoms with van der Waals surface area (Å²) >= 11 is 0. The van der Waals surface area contributed by atoms with E-state index in [-0.39, 0.29) is 5.56 Å². The fourth-order valence-corrected chi connectivity index (χ4v) is 3.85. The van der Waals surface area contributed by atoms with Crippen molar-refractivity contribution in [3.05, 3.63) is 55.8 Å². The van der Waals surface area contributed by atoms with E-state index in [9.17, 15) is 25.0 Å². The Bertz CT molecular complexity index is 1050. The third kappa shape index (κ3) is 4.98. The van der Waals surface area contributed by atoms with Crippen molar-refractivity contribution < 1.29 is 19.4 Å². The first-order chi connectivity index (χ1) is 15.8. The molecule has 0 spiro atoms. The molecule has 33 heavy (non-hydrogen) atoms. The Morgan fingerprint density at radius 3 is 2.06 bits per heavy atom. The number of nitro benzene ring substituents is 2. The predicted octanol–water partition coefficient (Wildman–Crippen LogP) is 1.40. The quantitative estimate of drug-likeness (QED) is 0.476. The zero-order valence-electron chi connectivity index (χ0n) is 18.0. The van der Waals surface area contributed by atoms with E-state index in [4.69, 9.17) is 9.72 Å². The monoisotopic (exact) mass is 457 g/mol. The van der Waals surface area contributed by atoms with Gasteiger partial charge in [-0.1, -0.05) is 0 Å². The normalized spacial score (nSPS) is 16.6. The summed E-state index contributed by atoms with van der Waals surface area (Å²) in [5.74, 6) is 0.929. The van der Waals surface area contributed by atoms with Crippen LogP contribution in [0.5, 0.6) is 0 Å². The molecule has 1 amide bonds. The number of amides is 1. The molecule has 0 atom stereocenters. The van der Waals surface area contributed by atoms with E-state index >= 15 is 0 Å². The number of nitrogens with zero attached hydrogens (tertiary/aromatic N) is 7. The maximum Gasteiger partial charge on any atom is 0.277 e. The first-order valence-electron chi connectivity index (χ1n) is 10.5. The molecule has 1 aromatic heterocycles. The fourth-order valence-electron chi connectivity index (χ4n) is 3.85. The highest BCUT2D eigenvalue weighted by Gasteiger charge is 2.27. The first kappa shape index (κ1) is 22.3. The number of non-ortho nitro benzene ring substituents is 2. The lowest BCUT2D eigenvalue weighted by Gasteiger charge is -2.35. The summed E-state index contributed by atoms with van der Waals surface area (Å²) in [5, 5.41) is 22.2. The van der Waals surface area contributed by atoms with Crippen LogP contribution in [0.15, 0.2) is 24.3 Å². The van der Waals surface area contributed by atoms with Crippen LogP contribution in [-0.2, 0) is 4.74 Å². The van der Waals surface area contributed by atoms with E-state index < -0.39 is 27.1 Å². The van der Waals surface area contributed by atoms with Crippen LogP contribution in [-0.4, -0.2) is 83.1 Å². The molecule has 0 radical (unpaired) electrons. The highest BCUT2D eigenvalue weighted by molar-refractivity contribution is 5.95. The highest BCUT2D eigenvalue weighted by Crippen LogP contribution is 2.25. The summed E-state index contributed by atoms with van der Waals surface area (Å²) < 4.78 is 5.40. The van der Waals surface area contributed by atoms with Gasteiger partial charge in [0.25, 0.3) is 17.3 Å². The Labute approximate surface area is 188 Å². The van der Waals surface area contributed by atoms with Crippen LogP contribution in [0, 0.1) is 27.2 Å². The predicted molar refractivity (Wildman–Crippen MR) is 118 cm³/mol. The molecule has 0 saturated carbocycles. The molecular formula is C20H23N7O6. The van der Waals surface area contributed by atoms with Gasteiger partial charge in [0.05, 0.1) is 34.7 Å². The number of morpholine rings is 1. The number of carbonyl (C=O) groups is 1. The molecule has 0 N–H and O–H groups in total. The van der Waals surface area contributed by atoms with Crippen molar-refractivity contribution in [3.8, 4) is 0 Å². The Morgan fingerprint density at radius 2 is 1.48 bits per heavy atom.